The van der Waals surface area contributed by atoms with E-state index in [9.17, 15) is 9.90 Å². The maximum Gasteiger partial charge on any atom is 0.311 e. The molecule has 18 heavy (non-hydrogen) atoms. The van der Waals surface area contributed by atoms with E-state index in [2.05, 4.69) is 0 Å². The van der Waals surface area contributed by atoms with Gasteiger partial charge in [0.1, 0.15) is 0 Å². The highest BCUT2D eigenvalue weighted by molar-refractivity contribution is 5.76. The Labute approximate surface area is 108 Å². The monoisotopic (exact) mass is 252 g/mol. The minimum atomic E-state index is -0.823. The van der Waals surface area contributed by atoms with E-state index in [1.54, 1.807) is 25.3 Å². The van der Waals surface area contributed by atoms with Crippen LogP contribution in [-0.4, -0.2) is 24.8 Å². The van der Waals surface area contributed by atoms with Crippen molar-refractivity contribution in [3.8, 4) is 11.5 Å². The van der Waals surface area contributed by atoms with Crippen molar-refractivity contribution in [3.05, 3.63) is 23.8 Å². The van der Waals surface area contributed by atoms with Gasteiger partial charge in [0.2, 0.25) is 0 Å². The summed E-state index contributed by atoms with van der Waals surface area (Å²) in [4.78, 5) is 11.3. The van der Waals surface area contributed by atoms with E-state index in [-0.39, 0.29) is 5.92 Å². The summed E-state index contributed by atoms with van der Waals surface area (Å²) in [7, 11) is 1.55. The maximum absolute atomic E-state index is 11.3. The molecule has 4 heteroatoms. The van der Waals surface area contributed by atoms with E-state index in [1.165, 1.54) is 0 Å². The van der Waals surface area contributed by atoms with Crippen LogP contribution in [0.4, 0.5) is 0 Å². The number of carboxylic acid groups (broad SMARTS) is 1. The Morgan fingerprint density at radius 1 is 1.33 bits per heavy atom. The second kappa shape index (κ2) is 6.28. The molecule has 4 nitrogen and oxygen atoms in total. The highest BCUT2D eigenvalue weighted by Crippen LogP contribution is 2.33. The number of carbonyl (C=O) groups is 1. The van der Waals surface area contributed by atoms with Crippen molar-refractivity contribution >= 4 is 5.97 Å². The van der Waals surface area contributed by atoms with Gasteiger partial charge in [-0.15, -0.1) is 0 Å². The smallest absolute Gasteiger partial charge is 0.311 e. The molecule has 0 amide bonds. The highest BCUT2D eigenvalue weighted by Gasteiger charge is 2.24. The van der Waals surface area contributed by atoms with Gasteiger partial charge in [0.25, 0.3) is 0 Å². The van der Waals surface area contributed by atoms with Crippen LogP contribution in [0.2, 0.25) is 0 Å². The summed E-state index contributed by atoms with van der Waals surface area (Å²) in [6, 6.07) is 5.28. The minimum absolute atomic E-state index is 0.0187. The number of hydrogen-bond donors (Lipinski definition) is 1. The molecule has 0 bridgehead atoms. The molecule has 1 rings (SSSR count). The second-order valence-electron chi connectivity index (χ2n) is 4.40. The fourth-order valence-corrected chi connectivity index (χ4v) is 1.97. The molecule has 0 fully saturated rings. The van der Waals surface area contributed by atoms with Crippen molar-refractivity contribution in [2.24, 2.45) is 5.92 Å². The van der Waals surface area contributed by atoms with Crippen molar-refractivity contribution in [1.29, 1.82) is 0 Å². The molecule has 0 radical (unpaired) electrons. The van der Waals surface area contributed by atoms with Crippen LogP contribution in [0.25, 0.3) is 0 Å². The Bertz CT molecular complexity index is 412. The topological polar surface area (TPSA) is 55.8 Å². The number of carboxylic acids is 1. The molecule has 100 valence electrons. The largest absolute Gasteiger partial charge is 0.493 e. The van der Waals surface area contributed by atoms with E-state index in [1.807, 2.05) is 20.8 Å². The lowest BCUT2D eigenvalue weighted by Gasteiger charge is -2.18. The van der Waals surface area contributed by atoms with Gasteiger partial charge in [-0.05, 0) is 30.5 Å². The van der Waals surface area contributed by atoms with E-state index >= 15 is 0 Å². The molecular weight excluding hydrogens is 232 g/mol. The summed E-state index contributed by atoms with van der Waals surface area (Å²) in [6.45, 7) is 6.22. The molecule has 0 aliphatic heterocycles. The Hall–Kier alpha value is -1.71. The molecule has 0 heterocycles. The van der Waals surface area contributed by atoms with Crippen LogP contribution in [0.5, 0.6) is 11.5 Å². The predicted molar refractivity (Wildman–Crippen MR) is 69.4 cm³/mol. The minimum Gasteiger partial charge on any atom is -0.493 e. The summed E-state index contributed by atoms with van der Waals surface area (Å²) in [6.07, 6.45) is 0. The lowest BCUT2D eigenvalue weighted by molar-refractivity contribution is -0.139. The van der Waals surface area contributed by atoms with E-state index < -0.39 is 11.9 Å². The van der Waals surface area contributed by atoms with Crippen LogP contribution in [0, 0.1) is 5.92 Å². The van der Waals surface area contributed by atoms with E-state index in [0.717, 1.165) is 5.56 Å². The third-order valence-corrected chi connectivity index (χ3v) is 2.78. The second-order valence-corrected chi connectivity index (χ2v) is 4.40. The molecule has 0 saturated carbocycles. The summed E-state index contributed by atoms with van der Waals surface area (Å²) < 4.78 is 10.6. The summed E-state index contributed by atoms with van der Waals surface area (Å²) in [5, 5.41) is 9.26. The van der Waals surface area contributed by atoms with E-state index in [0.29, 0.717) is 18.1 Å². The Kier molecular flexibility index (Phi) is 5.01. The lowest BCUT2D eigenvalue weighted by Crippen LogP contribution is -2.17. The molecular formula is C14H20O4. The fourth-order valence-electron chi connectivity index (χ4n) is 1.97. The van der Waals surface area contributed by atoms with Gasteiger partial charge in [0.15, 0.2) is 11.5 Å². The number of methoxy groups -OCH3 is 1. The Balaban J connectivity index is 3.14. The summed E-state index contributed by atoms with van der Waals surface area (Å²) in [5.41, 5.74) is 0.734. The molecule has 1 N–H and O–H groups in total. The average molecular weight is 252 g/mol. The van der Waals surface area contributed by atoms with Gasteiger partial charge in [0.05, 0.1) is 19.6 Å². The van der Waals surface area contributed by atoms with Gasteiger partial charge in [-0.1, -0.05) is 19.9 Å². The van der Waals surface area contributed by atoms with Crippen LogP contribution in [0.1, 0.15) is 32.3 Å². The zero-order valence-corrected chi connectivity index (χ0v) is 11.3. The number of ether oxygens (including phenoxy) is 2. The molecule has 0 aliphatic rings. The number of benzene rings is 1. The third kappa shape index (κ3) is 3.15. The first-order valence-corrected chi connectivity index (χ1v) is 6.04. The van der Waals surface area contributed by atoms with Crippen LogP contribution in [0.3, 0.4) is 0 Å². The molecule has 1 unspecified atom stereocenters. The van der Waals surface area contributed by atoms with Gasteiger partial charge < -0.3 is 14.6 Å². The Morgan fingerprint density at radius 3 is 2.44 bits per heavy atom. The quantitative estimate of drug-likeness (QED) is 0.845. The maximum atomic E-state index is 11.3. The van der Waals surface area contributed by atoms with Crippen molar-refractivity contribution in [3.63, 3.8) is 0 Å². The normalized spacial score (nSPS) is 12.3. The van der Waals surface area contributed by atoms with E-state index in [4.69, 9.17) is 9.47 Å². The zero-order chi connectivity index (χ0) is 13.7. The van der Waals surface area contributed by atoms with Crippen LogP contribution < -0.4 is 9.47 Å². The molecule has 1 atom stereocenters. The molecule has 0 spiro atoms. The van der Waals surface area contributed by atoms with Crippen LogP contribution >= 0.6 is 0 Å². The Morgan fingerprint density at radius 2 is 2.00 bits per heavy atom. The predicted octanol–water partition coefficient (Wildman–Crippen LogP) is 2.92. The van der Waals surface area contributed by atoms with Gasteiger partial charge in [-0.3, -0.25) is 4.79 Å². The van der Waals surface area contributed by atoms with Crippen molar-refractivity contribution in [2.45, 2.75) is 26.7 Å². The first-order chi connectivity index (χ1) is 8.51. The van der Waals surface area contributed by atoms with Crippen LogP contribution in [0.15, 0.2) is 18.2 Å². The zero-order valence-electron chi connectivity index (χ0n) is 11.3. The standard InChI is InChI=1S/C14H20O4/c1-5-18-11-7-6-10(8-12(11)17-4)13(9(2)3)14(15)16/h6-9,13H,5H2,1-4H3,(H,15,16). The first kappa shape index (κ1) is 14.4. The summed E-state index contributed by atoms with van der Waals surface area (Å²) >= 11 is 0. The first-order valence-electron chi connectivity index (χ1n) is 6.04. The highest BCUT2D eigenvalue weighted by atomic mass is 16.5. The number of rotatable bonds is 6. The lowest BCUT2D eigenvalue weighted by atomic mass is 9.88. The average Bonchev–Trinajstić information content (AvgIpc) is 2.30. The summed E-state index contributed by atoms with van der Waals surface area (Å²) in [5.74, 6) is -0.131. The van der Waals surface area contributed by atoms with Crippen molar-refractivity contribution in [1.82, 2.24) is 0 Å². The van der Waals surface area contributed by atoms with Crippen molar-refractivity contribution in [2.75, 3.05) is 13.7 Å². The molecule has 1 aromatic rings. The van der Waals surface area contributed by atoms with Gasteiger partial charge >= 0.3 is 5.97 Å². The molecule has 0 aromatic heterocycles. The molecule has 1 aromatic carbocycles. The SMILES string of the molecule is CCOc1ccc(C(C(=O)O)C(C)C)cc1OC. The van der Waals surface area contributed by atoms with Gasteiger partial charge in [0, 0.05) is 0 Å². The van der Waals surface area contributed by atoms with Gasteiger partial charge in [-0.2, -0.15) is 0 Å². The van der Waals surface area contributed by atoms with Crippen LogP contribution in [-0.2, 0) is 4.79 Å². The van der Waals surface area contributed by atoms with Gasteiger partial charge in [-0.25, -0.2) is 0 Å². The molecule has 0 saturated heterocycles. The number of aliphatic carboxylic acids is 1. The molecule has 0 aliphatic carbocycles. The fraction of sp³-hybridized carbons (Fsp3) is 0.500. The van der Waals surface area contributed by atoms with Crippen molar-refractivity contribution < 1.29 is 19.4 Å². The number of hydrogen-bond acceptors (Lipinski definition) is 3. The third-order valence-electron chi connectivity index (χ3n) is 2.78.